The van der Waals surface area contributed by atoms with E-state index >= 15 is 0 Å². The van der Waals surface area contributed by atoms with Crippen LogP contribution in [0.15, 0.2) is 47.4 Å². The minimum Gasteiger partial charge on any atom is -0.367 e. The number of para-hydroxylation sites is 1. The van der Waals surface area contributed by atoms with Crippen LogP contribution in [-0.4, -0.2) is 67.3 Å². The summed E-state index contributed by atoms with van der Waals surface area (Å²) in [6, 6.07) is 13.6. The monoisotopic (exact) mass is 425 g/mol. The largest absolute Gasteiger partial charge is 0.367 e. The molecule has 5 rings (SSSR count). The molecule has 3 aliphatic rings. The molecule has 2 aromatic carbocycles. The number of likely N-dealkylation sites (tertiary alicyclic amines) is 1. The molecule has 0 aliphatic carbocycles. The second kappa shape index (κ2) is 8.23. The zero-order valence-electron chi connectivity index (χ0n) is 17.4. The van der Waals surface area contributed by atoms with Gasteiger partial charge < -0.3 is 14.7 Å². The molecule has 0 saturated carbocycles. The number of likely N-dealkylation sites (N-methyl/N-ethyl adjacent to an activating group) is 1. The molecule has 6 heteroatoms. The highest BCUT2D eigenvalue weighted by Gasteiger charge is 2.43. The number of piperidine rings is 1. The second-order valence-electron chi connectivity index (χ2n) is 8.56. The third kappa shape index (κ3) is 3.50. The van der Waals surface area contributed by atoms with Crippen LogP contribution in [0.4, 0.5) is 10.1 Å². The van der Waals surface area contributed by atoms with Crippen LogP contribution in [-0.2, 0) is 0 Å². The summed E-state index contributed by atoms with van der Waals surface area (Å²) in [5.74, 6) is 1.05. The van der Waals surface area contributed by atoms with Crippen LogP contribution in [0.2, 0.25) is 0 Å². The fourth-order valence-electron chi connectivity index (χ4n) is 5.24. The van der Waals surface area contributed by atoms with Crippen molar-refractivity contribution >= 4 is 23.4 Å². The van der Waals surface area contributed by atoms with Crippen LogP contribution in [0.3, 0.4) is 0 Å². The molecule has 3 heterocycles. The van der Waals surface area contributed by atoms with Gasteiger partial charge in [-0.2, -0.15) is 0 Å². The van der Waals surface area contributed by atoms with Crippen LogP contribution < -0.4 is 4.90 Å². The molecule has 30 heavy (non-hydrogen) atoms. The van der Waals surface area contributed by atoms with Gasteiger partial charge in [0.25, 0.3) is 5.91 Å². The molecule has 2 atom stereocenters. The number of carbonyl (C=O) groups excluding carboxylic acids is 1. The Kier molecular flexibility index (Phi) is 5.46. The predicted octanol–water partition coefficient (Wildman–Crippen LogP) is 4.07. The molecular formula is C24H28FN3OS. The van der Waals surface area contributed by atoms with Gasteiger partial charge in [0, 0.05) is 56.6 Å². The van der Waals surface area contributed by atoms with Gasteiger partial charge >= 0.3 is 0 Å². The first-order valence-corrected chi connectivity index (χ1v) is 11.9. The van der Waals surface area contributed by atoms with Crippen molar-refractivity contribution in [1.29, 1.82) is 0 Å². The third-order valence-corrected chi connectivity index (χ3v) is 7.91. The average molecular weight is 426 g/mol. The Balaban J connectivity index is 1.26. The summed E-state index contributed by atoms with van der Waals surface area (Å²) in [5, 5.41) is 0. The van der Waals surface area contributed by atoms with E-state index in [2.05, 4.69) is 28.0 Å². The predicted molar refractivity (Wildman–Crippen MR) is 120 cm³/mol. The Morgan fingerprint density at radius 1 is 1.20 bits per heavy atom. The summed E-state index contributed by atoms with van der Waals surface area (Å²) in [4.78, 5) is 20.9. The number of fused-ring (bicyclic) bond motifs is 3. The lowest BCUT2D eigenvalue weighted by molar-refractivity contribution is 0.0763. The number of nitrogens with zero attached hydrogens (tertiary/aromatic N) is 3. The van der Waals surface area contributed by atoms with Crippen LogP contribution in [0, 0.1) is 5.82 Å². The van der Waals surface area contributed by atoms with E-state index in [4.69, 9.17) is 0 Å². The molecule has 3 aliphatic heterocycles. The maximum Gasteiger partial charge on any atom is 0.256 e. The molecule has 2 aromatic rings. The summed E-state index contributed by atoms with van der Waals surface area (Å²) < 4.78 is 14.0. The van der Waals surface area contributed by atoms with Crippen LogP contribution in [0.25, 0.3) is 0 Å². The molecule has 1 saturated heterocycles. The van der Waals surface area contributed by atoms with Crippen molar-refractivity contribution in [2.75, 3.05) is 50.4 Å². The molecule has 0 aromatic heterocycles. The number of amides is 1. The minimum absolute atomic E-state index is 0.151. The standard InChI is InChI=1S/C24H28FN3OS/c1-26(24(29)18-6-2-3-8-20(18)25)13-14-27-12-10-21-19(16-27)17-7-4-9-22-23(17)28(21)11-5-15-30-22/h2-4,6-9,19,21H,5,10-16H2,1H3/t19-,21-/m0/s1. The van der Waals surface area contributed by atoms with E-state index in [9.17, 15) is 9.18 Å². The maximum absolute atomic E-state index is 14.0. The van der Waals surface area contributed by atoms with E-state index in [1.165, 1.54) is 34.4 Å². The Morgan fingerprint density at radius 2 is 2.07 bits per heavy atom. The van der Waals surface area contributed by atoms with Crippen molar-refractivity contribution in [1.82, 2.24) is 9.80 Å². The second-order valence-corrected chi connectivity index (χ2v) is 9.70. The van der Waals surface area contributed by atoms with Gasteiger partial charge in [0.05, 0.1) is 11.3 Å². The van der Waals surface area contributed by atoms with Gasteiger partial charge in [0.1, 0.15) is 5.82 Å². The molecule has 0 unspecified atom stereocenters. The lowest BCUT2D eigenvalue weighted by Gasteiger charge is -2.39. The van der Waals surface area contributed by atoms with E-state index in [0.29, 0.717) is 18.5 Å². The first-order chi connectivity index (χ1) is 14.6. The maximum atomic E-state index is 14.0. The molecule has 0 radical (unpaired) electrons. The minimum atomic E-state index is -0.451. The number of anilines is 1. The van der Waals surface area contributed by atoms with Crippen molar-refractivity contribution in [3.63, 3.8) is 0 Å². The summed E-state index contributed by atoms with van der Waals surface area (Å²) >= 11 is 2.00. The number of thioether (sulfide) groups is 1. The zero-order valence-corrected chi connectivity index (χ0v) is 18.2. The van der Waals surface area contributed by atoms with Gasteiger partial charge in [0.15, 0.2) is 0 Å². The molecular weight excluding hydrogens is 397 g/mol. The summed E-state index contributed by atoms with van der Waals surface area (Å²) in [7, 11) is 1.77. The lowest BCUT2D eigenvalue weighted by Crippen LogP contribution is -2.48. The quantitative estimate of drug-likeness (QED) is 0.738. The average Bonchev–Trinajstić information content (AvgIpc) is 2.92. The van der Waals surface area contributed by atoms with Crippen molar-refractivity contribution in [3.05, 3.63) is 59.4 Å². The molecule has 158 valence electrons. The molecule has 1 amide bonds. The van der Waals surface area contributed by atoms with Crippen LogP contribution in [0.5, 0.6) is 0 Å². The summed E-state index contributed by atoms with van der Waals surface area (Å²) in [6.07, 6.45) is 2.41. The molecule has 0 bridgehead atoms. The Morgan fingerprint density at radius 3 is 2.93 bits per heavy atom. The molecule has 0 N–H and O–H groups in total. The van der Waals surface area contributed by atoms with Crippen LogP contribution >= 0.6 is 11.8 Å². The number of benzene rings is 2. The van der Waals surface area contributed by atoms with Gasteiger partial charge in [0.2, 0.25) is 0 Å². The van der Waals surface area contributed by atoms with Gasteiger partial charge in [-0.3, -0.25) is 4.79 Å². The Bertz CT molecular complexity index is 952. The normalized spacial score (nSPS) is 22.9. The third-order valence-electron chi connectivity index (χ3n) is 6.78. The summed E-state index contributed by atoms with van der Waals surface area (Å²) in [6.45, 7) is 4.68. The number of rotatable bonds is 4. The summed E-state index contributed by atoms with van der Waals surface area (Å²) in [5.41, 5.74) is 3.15. The highest BCUT2D eigenvalue weighted by atomic mass is 32.2. The van der Waals surface area contributed by atoms with Crippen molar-refractivity contribution in [2.24, 2.45) is 0 Å². The Labute approximate surface area is 182 Å². The fourth-order valence-corrected chi connectivity index (χ4v) is 6.28. The SMILES string of the molecule is CN(CCN1CC[C@H]2[C@@H](C1)c1cccc3c1N2CCCS3)C(=O)c1ccccc1F. The van der Waals surface area contributed by atoms with Gasteiger partial charge in [-0.15, -0.1) is 11.8 Å². The first-order valence-electron chi connectivity index (χ1n) is 10.9. The first kappa shape index (κ1) is 19.9. The lowest BCUT2D eigenvalue weighted by atomic mass is 9.89. The van der Waals surface area contributed by atoms with Crippen molar-refractivity contribution in [2.45, 2.75) is 29.7 Å². The van der Waals surface area contributed by atoms with Crippen LogP contribution in [0.1, 0.15) is 34.7 Å². The van der Waals surface area contributed by atoms with Crippen molar-refractivity contribution in [3.8, 4) is 0 Å². The zero-order chi connectivity index (χ0) is 20.7. The van der Waals surface area contributed by atoms with E-state index in [0.717, 1.165) is 32.6 Å². The van der Waals surface area contributed by atoms with Gasteiger partial charge in [-0.1, -0.05) is 24.3 Å². The molecule has 1 fully saturated rings. The topological polar surface area (TPSA) is 26.8 Å². The number of carbonyl (C=O) groups is 1. The Hall–Kier alpha value is -2.05. The molecule has 0 spiro atoms. The van der Waals surface area contributed by atoms with E-state index in [1.54, 1.807) is 30.1 Å². The van der Waals surface area contributed by atoms with Crippen molar-refractivity contribution < 1.29 is 9.18 Å². The number of halogens is 1. The number of hydrogen-bond acceptors (Lipinski definition) is 4. The van der Waals surface area contributed by atoms with E-state index in [-0.39, 0.29) is 11.5 Å². The van der Waals surface area contributed by atoms with Gasteiger partial charge in [-0.05, 0) is 42.4 Å². The van der Waals surface area contributed by atoms with E-state index in [1.807, 2.05) is 11.8 Å². The van der Waals surface area contributed by atoms with E-state index < -0.39 is 5.82 Å². The highest BCUT2D eigenvalue weighted by molar-refractivity contribution is 7.99. The smallest absolute Gasteiger partial charge is 0.256 e. The highest BCUT2D eigenvalue weighted by Crippen LogP contribution is 2.50. The molecule has 4 nitrogen and oxygen atoms in total. The fraction of sp³-hybridized carbons (Fsp3) is 0.458. The van der Waals surface area contributed by atoms with Gasteiger partial charge in [-0.25, -0.2) is 4.39 Å². The number of hydrogen-bond donors (Lipinski definition) is 0.